The van der Waals surface area contributed by atoms with Gasteiger partial charge in [0.05, 0.1) is 22.1 Å². The van der Waals surface area contributed by atoms with E-state index in [0.29, 0.717) is 43.9 Å². The van der Waals surface area contributed by atoms with Gasteiger partial charge in [-0.15, -0.1) is 0 Å². The third-order valence-corrected chi connectivity index (χ3v) is 9.81. The number of anilines is 1. The van der Waals surface area contributed by atoms with Crippen molar-refractivity contribution in [3.8, 4) is 0 Å². The van der Waals surface area contributed by atoms with E-state index in [1.54, 1.807) is 6.92 Å². The van der Waals surface area contributed by atoms with Gasteiger partial charge in [0.2, 0.25) is 0 Å². The molecule has 2 aliphatic carbocycles. The van der Waals surface area contributed by atoms with Crippen LogP contribution in [-0.4, -0.2) is 37.2 Å². The number of benzene rings is 2. The maximum Gasteiger partial charge on any atom is 0.134 e. The van der Waals surface area contributed by atoms with Crippen molar-refractivity contribution in [2.75, 3.05) is 5.73 Å². The van der Waals surface area contributed by atoms with Gasteiger partial charge in [-0.05, 0) is 106 Å². The summed E-state index contributed by atoms with van der Waals surface area (Å²) in [5.74, 6) is 3.39. The van der Waals surface area contributed by atoms with Crippen LogP contribution in [0.2, 0.25) is 0 Å². The molecule has 2 fully saturated rings. The molecule has 2 N–H and O–H groups in total. The smallest absolute Gasteiger partial charge is 0.134 e. The second-order valence-electron chi connectivity index (χ2n) is 16.3. The molecule has 2 aliphatic rings. The number of carbonyl (C=O) groups is 1. The molecule has 2 aromatic heterocycles. The highest BCUT2D eigenvalue weighted by Crippen LogP contribution is 2.34. The first-order valence-electron chi connectivity index (χ1n) is 17.6. The first-order valence-corrected chi connectivity index (χ1v) is 17.6. The van der Waals surface area contributed by atoms with E-state index in [1.807, 2.05) is 24.3 Å². The van der Waals surface area contributed by atoms with E-state index in [2.05, 4.69) is 62.8 Å². The van der Waals surface area contributed by atoms with Crippen LogP contribution in [0.5, 0.6) is 0 Å². The number of carbonyl (C=O) groups excluding carboxylic acids is 1. The molecular weight excluding hydrogens is 592 g/mol. The second kappa shape index (κ2) is 14.1. The monoisotopic (exact) mass is 647 g/mol. The van der Waals surface area contributed by atoms with Crippen molar-refractivity contribution >= 4 is 33.5 Å². The van der Waals surface area contributed by atoms with E-state index in [4.69, 9.17) is 15.7 Å². The van der Waals surface area contributed by atoms with Gasteiger partial charge in [0.15, 0.2) is 0 Å². The number of alkyl halides is 2. The maximum atomic E-state index is 13.5. The van der Waals surface area contributed by atoms with Crippen LogP contribution < -0.4 is 5.73 Å². The number of hydrogen-bond acceptors (Lipinski definition) is 4. The Morgan fingerprint density at radius 1 is 0.723 bits per heavy atom. The van der Waals surface area contributed by atoms with Gasteiger partial charge in [-0.1, -0.05) is 47.6 Å². The maximum absolute atomic E-state index is 13.5. The lowest BCUT2D eigenvalue weighted by atomic mass is 9.87. The van der Waals surface area contributed by atoms with Crippen molar-refractivity contribution < 1.29 is 13.6 Å². The number of Topliss-reactive ketones (excluding diaryl/α,β-unsaturated/α-hetero) is 1. The molecule has 2 aromatic carbocycles. The predicted octanol–water partition coefficient (Wildman–Crippen LogP) is 9.44. The Hall–Kier alpha value is -3.29. The lowest BCUT2D eigenvalue weighted by Crippen LogP contribution is -2.24. The molecule has 256 valence electrons. The van der Waals surface area contributed by atoms with Crippen molar-refractivity contribution in [2.24, 2.45) is 11.8 Å². The Morgan fingerprint density at radius 2 is 1.15 bits per heavy atom. The van der Waals surface area contributed by atoms with E-state index >= 15 is 0 Å². The van der Waals surface area contributed by atoms with Crippen LogP contribution in [-0.2, 0) is 35.1 Å². The van der Waals surface area contributed by atoms with Gasteiger partial charge in [0.25, 0.3) is 0 Å². The topological polar surface area (TPSA) is 78.7 Å². The first-order chi connectivity index (χ1) is 22.1. The van der Waals surface area contributed by atoms with E-state index in [-0.39, 0.29) is 16.6 Å². The Labute approximate surface area is 279 Å². The lowest BCUT2D eigenvalue weighted by Gasteiger charge is -2.27. The Bertz CT molecular complexity index is 1680. The van der Waals surface area contributed by atoms with Crippen molar-refractivity contribution in [1.29, 1.82) is 0 Å². The summed E-state index contributed by atoms with van der Waals surface area (Å²) in [6, 6.07) is 12.1. The fourth-order valence-corrected chi connectivity index (χ4v) is 7.36. The number of rotatable bonds is 6. The quantitative estimate of drug-likeness (QED) is 0.212. The summed E-state index contributed by atoms with van der Waals surface area (Å²) in [7, 11) is 0. The average molecular weight is 648 g/mol. The molecule has 0 unspecified atom stereocenters. The molecule has 6 rings (SSSR count). The Morgan fingerprint density at radius 3 is 1.57 bits per heavy atom. The van der Waals surface area contributed by atoms with Crippen LogP contribution in [0.4, 0.5) is 14.5 Å². The average Bonchev–Trinajstić information content (AvgIpc) is 3.53. The van der Waals surface area contributed by atoms with Crippen LogP contribution in [0.3, 0.4) is 0 Å². The summed E-state index contributed by atoms with van der Waals surface area (Å²) in [4.78, 5) is 21.2. The summed E-state index contributed by atoms with van der Waals surface area (Å²) in [6.07, 6.45) is 5.86. The molecule has 4 aromatic rings. The van der Waals surface area contributed by atoms with Gasteiger partial charge >= 0.3 is 0 Å². The van der Waals surface area contributed by atoms with E-state index in [0.717, 1.165) is 83.7 Å². The fraction of sp³-hybridized carbons (Fsp3) is 0.615. The van der Waals surface area contributed by atoms with E-state index in [1.165, 1.54) is 0 Å². The van der Waals surface area contributed by atoms with Crippen LogP contribution >= 0.6 is 0 Å². The van der Waals surface area contributed by atoms with Gasteiger partial charge < -0.3 is 14.9 Å². The van der Waals surface area contributed by atoms with Crippen molar-refractivity contribution in [3.05, 3.63) is 53.6 Å². The number of fused-ring (bicyclic) bond motifs is 2. The van der Waals surface area contributed by atoms with E-state index < -0.39 is 12.3 Å². The van der Waals surface area contributed by atoms with Crippen molar-refractivity contribution in [2.45, 2.75) is 143 Å². The fourth-order valence-electron chi connectivity index (χ4n) is 7.36. The van der Waals surface area contributed by atoms with Crippen LogP contribution in [0.15, 0.2) is 36.4 Å². The molecule has 6 nitrogen and oxygen atoms in total. The van der Waals surface area contributed by atoms with Gasteiger partial charge in [0, 0.05) is 36.0 Å². The third kappa shape index (κ3) is 8.60. The molecule has 2 saturated carbocycles. The molecule has 0 bridgehead atoms. The number of aromatic nitrogens is 4. The zero-order valence-corrected chi connectivity index (χ0v) is 29.6. The molecule has 0 radical (unpaired) electrons. The number of nitrogen functional groups attached to an aromatic ring is 1. The van der Waals surface area contributed by atoms with Gasteiger partial charge in [0.1, 0.15) is 29.8 Å². The number of imidazole rings is 2. The van der Waals surface area contributed by atoms with Crippen molar-refractivity contribution in [1.82, 2.24) is 19.1 Å². The van der Waals surface area contributed by atoms with Crippen molar-refractivity contribution in [3.63, 3.8) is 0 Å². The second-order valence-corrected chi connectivity index (χ2v) is 16.3. The number of halogens is 2. The minimum absolute atomic E-state index is 0.0227. The number of nitrogens with zero attached hydrogens (tertiary/aromatic N) is 4. The molecule has 8 heteroatoms. The van der Waals surface area contributed by atoms with Gasteiger partial charge in [-0.25, -0.2) is 18.7 Å². The first kappa shape index (κ1) is 35.0. The molecule has 2 heterocycles. The molecule has 0 atom stereocenters. The van der Waals surface area contributed by atoms with Gasteiger partial charge in [-0.3, -0.25) is 4.79 Å². The van der Waals surface area contributed by atoms with Gasteiger partial charge in [-0.2, -0.15) is 0 Å². The molecule has 47 heavy (non-hydrogen) atoms. The molecular formula is C39H55F2N5O. The highest BCUT2D eigenvalue weighted by molar-refractivity contribution is 5.82. The molecule has 0 aliphatic heterocycles. The molecule has 0 amide bonds. The number of nitrogens with two attached hydrogens (primary N) is 1. The molecule has 0 spiro atoms. The summed E-state index contributed by atoms with van der Waals surface area (Å²) >= 11 is 0. The standard InChI is InChI=1S/C21H29FN2O.C18H26FN3/c1-14(25)11-16-7-10-19-18(12-16)23-20(21(2,3)4)24(19)13-15-5-8-17(22)9-6-15;1-18(2,3)17-21-15-10-14(20)8-9-16(15)22(17)11-12-4-6-13(19)7-5-12/h7,10,12,15,17H,5-6,8-9,11,13H2,1-4H3;8-10,12-13H,4-7,11,20H2,1-3H3. The van der Waals surface area contributed by atoms with Crippen LogP contribution in [0, 0.1) is 11.8 Å². The summed E-state index contributed by atoms with van der Waals surface area (Å²) in [5, 5.41) is 0. The van der Waals surface area contributed by atoms with Crippen LogP contribution in [0.1, 0.15) is 117 Å². The summed E-state index contributed by atoms with van der Waals surface area (Å²) in [6.45, 7) is 16.6. The predicted molar refractivity (Wildman–Crippen MR) is 189 cm³/mol. The largest absolute Gasteiger partial charge is 0.399 e. The lowest BCUT2D eigenvalue weighted by molar-refractivity contribution is -0.116. The number of hydrogen-bond donors (Lipinski definition) is 1. The highest BCUT2D eigenvalue weighted by Gasteiger charge is 2.28. The minimum atomic E-state index is -0.619. The minimum Gasteiger partial charge on any atom is -0.399 e. The molecule has 0 saturated heterocycles. The zero-order valence-electron chi connectivity index (χ0n) is 29.6. The number of ketones is 1. The van der Waals surface area contributed by atoms with E-state index in [9.17, 15) is 13.6 Å². The normalized spacial score (nSPS) is 22.3. The highest BCUT2D eigenvalue weighted by atomic mass is 19.1. The SMILES string of the molecule is CC(=O)Cc1ccc2c(c1)nc(C(C)(C)C)n2CC1CCC(F)CC1.CC(C)(C)c1nc2cc(N)ccc2n1CC1CCC(F)CC1. The zero-order chi connectivity index (χ0) is 34.1. The van der Waals surface area contributed by atoms with Crippen LogP contribution in [0.25, 0.3) is 22.1 Å². The summed E-state index contributed by atoms with van der Waals surface area (Å²) in [5.41, 5.74) is 11.8. The Kier molecular flexibility index (Phi) is 10.5. The third-order valence-electron chi connectivity index (χ3n) is 9.81. The Balaban J connectivity index is 0.000000186. The summed E-state index contributed by atoms with van der Waals surface area (Å²) < 4.78 is 31.5.